The van der Waals surface area contributed by atoms with Crippen LogP contribution in [-0.2, 0) is 0 Å². The van der Waals surface area contributed by atoms with Gasteiger partial charge in [0, 0.05) is 27.9 Å². The number of methoxy groups -OCH3 is 1. The minimum Gasteiger partial charge on any atom is -0.497 e. The topological polar surface area (TPSA) is 73.2 Å². The Kier molecular flexibility index (Phi) is 7.37. The molecule has 0 atom stereocenters. The number of amides is 1. The van der Waals surface area contributed by atoms with Crippen molar-refractivity contribution in [1.82, 2.24) is 14.9 Å². The van der Waals surface area contributed by atoms with Gasteiger partial charge in [-0.3, -0.25) is 14.2 Å². The Labute approximate surface area is 220 Å². The molecule has 1 amide bonds. The molecule has 3 aromatic carbocycles. The lowest BCUT2D eigenvalue weighted by molar-refractivity contribution is 0.0920. The van der Waals surface area contributed by atoms with Crippen LogP contribution < -0.4 is 15.6 Å². The summed E-state index contributed by atoms with van der Waals surface area (Å²) in [5.41, 5.74) is 2.42. The van der Waals surface area contributed by atoms with Gasteiger partial charge >= 0.3 is 0 Å². The first kappa shape index (κ1) is 24.8. The molecule has 0 radical (unpaired) electrons. The van der Waals surface area contributed by atoms with Crippen molar-refractivity contribution in [2.45, 2.75) is 38.1 Å². The van der Waals surface area contributed by atoms with Crippen LogP contribution in [0.1, 0.15) is 42.6 Å². The van der Waals surface area contributed by atoms with Crippen molar-refractivity contribution in [3.05, 3.63) is 99.9 Å². The number of ether oxygens (including phenoxy) is 1. The maximum absolute atomic E-state index is 14.0. The Morgan fingerprint density at radius 3 is 2.19 bits per heavy atom. The fraction of sp³-hybridized carbons (Fsp3) is 0.233. The van der Waals surface area contributed by atoms with Crippen molar-refractivity contribution in [2.24, 2.45) is 0 Å². The minimum absolute atomic E-state index is 0.0625. The van der Waals surface area contributed by atoms with E-state index in [1.807, 2.05) is 54.6 Å². The molecule has 188 valence electrons. The van der Waals surface area contributed by atoms with Crippen molar-refractivity contribution in [2.75, 3.05) is 7.11 Å². The van der Waals surface area contributed by atoms with E-state index in [0.29, 0.717) is 33.3 Å². The van der Waals surface area contributed by atoms with E-state index in [1.54, 1.807) is 31.4 Å². The van der Waals surface area contributed by atoms with Crippen molar-refractivity contribution in [3.63, 3.8) is 0 Å². The van der Waals surface area contributed by atoms with E-state index >= 15 is 0 Å². The second-order valence-electron chi connectivity index (χ2n) is 9.18. The van der Waals surface area contributed by atoms with Gasteiger partial charge in [0.2, 0.25) is 0 Å². The van der Waals surface area contributed by atoms with E-state index in [1.165, 1.54) is 11.0 Å². The molecule has 0 bridgehead atoms. The van der Waals surface area contributed by atoms with Gasteiger partial charge in [-0.25, -0.2) is 4.98 Å². The van der Waals surface area contributed by atoms with Crippen LogP contribution in [0, 0.1) is 0 Å². The molecule has 6 nitrogen and oxygen atoms in total. The summed E-state index contributed by atoms with van der Waals surface area (Å²) in [6.45, 7) is 0. The molecule has 1 heterocycles. The van der Waals surface area contributed by atoms with Gasteiger partial charge in [-0.2, -0.15) is 0 Å². The lowest BCUT2D eigenvalue weighted by Crippen LogP contribution is -2.40. The summed E-state index contributed by atoms with van der Waals surface area (Å²) < 4.78 is 6.79. The zero-order chi connectivity index (χ0) is 25.8. The van der Waals surface area contributed by atoms with E-state index in [9.17, 15) is 9.59 Å². The molecule has 1 aromatic heterocycles. The molecule has 5 rings (SSSR count). The Hall–Kier alpha value is -3.90. The predicted molar refractivity (Wildman–Crippen MR) is 147 cm³/mol. The quantitative estimate of drug-likeness (QED) is 0.329. The van der Waals surface area contributed by atoms with Gasteiger partial charge in [0.15, 0.2) is 0 Å². The Balaban J connectivity index is 1.78. The molecule has 1 aliphatic carbocycles. The molecule has 4 aromatic rings. The summed E-state index contributed by atoms with van der Waals surface area (Å²) >= 11 is 6.16. The highest BCUT2D eigenvalue weighted by atomic mass is 35.5. The summed E-state index contributed by atoms with van der Waals surface area (Å²) in [6.07, 6.45) is 5.16. The monoisotopic (exact) mass is 513 g/mol. The van der Waals surface area contributed by atoms with Crippen molar-refractivity contribution in [1.29, 1.82) is 0 Å². The van der Waals surface area contributed by atoms with Crippen LogP contribution in [0.25, 0.3) is 28.2 Å². The van der Waals surface area contributed by atoms with Crippen LogP contribution in [0.4, 0.5) is 0 Å². The van der Waals surface area contributed by atoms with E-state index in [4.69, 9.17) is 21.3 Å². The smallest absolute Gasteiger partial charge is 0.282 e. The number of hydrogen-bond donors (Lipinski definition) is 1. The van der Waals surface area contributed by atoms with Gasteiger partial charge in [0.1, 0.15) is 22.8 Å². The molecule has 0 unspecified atom stereocenters. The summed E-state index contributed by atoms with van der Waals surface area (Å²) in [5, 5.41) is 3.73. The van der Waals surface area contributed by atoms with E-state index in [2.05, 4.69) is 5.32 Å². The molecule has 1 fully saturated rings. The van der Waals surface area contributed by atoms with E-state index in [0.717, 1.165) is 25.7 Å². The number of carbonyl (C=O) groups is 1. The molecular formula is C30H28ClN3O3. The van der Waals surface area contributed by atoms with Crippen LogP contribution in [0.15, 0.2) is 83.7 Å². The second kappa shape index (κ2) is 11.0. The average molecular weight is 514 g/mol. The van der Waals surface area contributed by atoms with Crippen molar-refractivity contribution < 1.29 is 9.53 Å². The van der Waals surface area contributed by atoms with Crippen LogP contribution in [0.2, 0.25) is 5.02 Å². The molecule has 0 saturated heterocycles. The zero-order valence-electron chi connectivity index (χ0n) is 20.6. The van der Waals surface area contributed by atoms with E-state index < -0.39 is 0 Å². The standard InChI is InChI=1S/C30H28ClN3O3/c1-37-25-18-12-21(13-19-25)26-28(29(35)32-23-10-6-3-7-11-23)34(24-16-14-22(31)15-17-24)30(36)27(33-26)20-8-4-2-5-9-20/h2,4-5,8-9,12-19,23H,3,6-7,10-11H2,1H3,(H,32,35). The number of hydrogen-bond acceptors (Lipinski definition) is 4. The highest BCUT2D eigenvalue weighted by Crippen LogP contribution is 2.29. The van der Waals surface area contributed by atoms with Gasteiger partial charge in [-0.15, -0.1) is 0 Å². The summed E-state index contributed by atoms with van der Waals surface area (Å²) in [7, 11) is 1.60. The SMILES string of the molecule is COc1ccc(-c2nc(-c3ccccc3)c(=O)n(-c3ccc(Cl)cc3)c2C(=O)NC2CCCCC2)cc1. The predicted octanol–water partition coefficient (Wildman–Crippen LogP) is 6.29. The van der Waals surface area contributed by atoms with Gasteiger partial charge < -0.3 is 10.1 Å². The molecule has 1 N–H and O–H groups in total. The third kappa shape index (κ3) is 5.30. The zero-order valence-corrected chi connectivity index (χ0v) is 21.4. The van der Waals surface area contributed by atoms with Crippen LogP contribution >= 0.6 is 11.6 Å². The third-order valence-electron chi connectivity index (χ3n) is 6.73. The van der Waals surface area contributed by atoms with Gasteiger partial charge in [0.05, 0.1) is 7.11 Å². The number of aromatic nitrogens is 2. The first-order valence-electron chi connectivity index (χ1n) is 12.5. The lowest BCUT2D eigenvalue weighted by Gasteiger charge is -2.25. The van der Waals surface area contributed by atoms with E-state index in [-0.39, 0.29) is 28.9 Å². The van der Waals surface area contributed by atoms with Crippen LogP contribution in [0.3, 0.4) is 0 Å². The first-order valence-corrected chi connectivity index (χ1v) is 12.9. The summed E-state index contributed by atoms with van der Waals surface area (Å²) in [5.74, 6) is 0.364. The number of rotatable bonds is 6. The number of benzene rings is 3. The number of nitrogens with zero attached hydrogens (tertiary/aromatic N) is 2. The van der Waals surface area contributed by atoms with Gasteiger partial charge in [-0.05, 0) is 61.4 Å². The molecule has 1 aliphatic rings. The Bertz CT molecular complexity index is 1440. The van der Waals surface area contributed by atoms with Crippen molar-refractivity contribution >= 4 is 17.5 Å². The Morgan fingerprint density at radius 2 is 1.54 bits per heavy atom. The molecular weight excluding hydrogens is 486 g/mol. The molecule has 0 aliphatic heterocycles. The number of nitrogens with one attached hydrogen (secondary N) is 1. The summed E-state index contributed by atoms with van der Waals surface area (Å²) in [4.78, 5) is 32.8. The first-order chi connectivity index (χ1) is 18.0. The molecule has 37 heavy (non-hydrogen) atoms. The fourth-order valence-corrected chi connectivity index (χ4v) is 4.93. The molecule has 1 saturated carbocycles. The summed E-state index contributed by atoms with van der Waals surface area (Å²) in [6, 6.07) is 23.6. The second-order valence-corrected chi connectivity index (χ2v) is 9.61. The highest BCUT2D eigenvalue weighted by Gasteiger charge is 2.27. The maximum atomic E-state index is 14.0. The van der Waals surface area contributed by atoms with Gasteiger partial charge in [0.25, 0.3) is 11.5 Å². The Morgan fingerprint density at radius 1 is 0.892 bits per heavy atom. The van der Waals surface area contributed by atoms with Crippen LogP contribution in [-0.4, -0.2) is 28.6 Å². The minimum atomic E-state index is -0.375. The molecule has 7 heteroatoms. The average Bonchev–Trinajstić information content (AvgIpc) is 2.94. The maximum Gasteiger partial charge on any atom is 0.282 e. The fourth-order valence-electron chi connectivity index (χ4n) is 4.81. The lowest BCUT2D eigenvalue weighted by atomic mass is 9.95. The van der Waals surface area contributed by atoms with Crippen molar-refractivity contribution in [3.8, 4) is 34.0 Å². The number of halogens is 1. The van der Waals surface area contributed by atoms with Gasteiger partial charge in [-0.1, -0.05) is 61.2 Å². The largest absolute Gasteiger partial charge is 0.497 e. The third-order valence-corrected chi connectivity index (χ3v) is 6.98. The number of carbonyl (C=O) groups excluding carboxylic acids is 1. The van der Waals surface area contributed by atoms with Crippen LogP contribution in [0.5, 0.6) is 5.75 Å². The normalized spacial score (nSPS) is 13.8. The highest BCUT2D eigenvalue weighted by molar-refractivity contribution is 6.30. The molecule has 0 spiro atoms.